The Morgan fingerprint density at radius 3 is 2.33 bits per heavy atom. The Kier molecular flexibility index (Phi) is 16.8. The monoisotopic (exact) mass is 417 g/mol. The molecule has 0 aromatic rings. The second kappa shape index (κ2) is 18.4. The number of hydrogen-bond donors (Lipinski definition) is 2. The van der Waals surface area contributed by atoms with Crippen LogP contribution in [-0.4, -0.2) is 41.6 Å². The molecule has 0 bridgehead atoms. The van der Waals surface area contributed by atoms with Crippen LogP contribution in [0.1, 0.15) is 66.2 Å². The molecule has 2 amide bonds. The van der Waals surface area contributed by atoms with Crippen molar-refractivity contribution in [1.82, 2.24) is 15.5 Å². The summed E-state index contributed by atoms with van der Waals surface area (Å²) >= 11 is 0. The van der Waals surface area contributed by atoms with Gasteiger partial charge in [0, 0.05) is 18.8 Å². The molecule has 1 rings (SSSR count). The Hall–Kier alpha value is -2.63. The Bertz CT molecular complexity index is 603. The SMILES string of the molecule is C/C=C\C=CC/C=C/N(C(=O)C=O)C(CN/C=C\C)C(=O)NC1CCCCC1.CC. The summed E-state index contributed by atoms with van der Waals surface area (Å²) in [6.07, 6.45) is 20.6. The summed E-state index contributed by atoms with van der Waals surface area (Å²) < 4.78 is 0. The van der Waals surface area contributed by atoms with E-state index < -0.39 is 11.9 Å². The molecule has 2 N–H and O–H groups in total. The number of nitrogens with zero attached hydrogens (tertiary/aromatic N) is 1. The van der Waals surface area contributed by atoms with Crippen molar-refractivity contribution < 1.29 is 14.4 Å². The summed E-state index contributed by atoms with van der Waals surface area (Å²) in [5.41, 5.74) is 0. The zero-order valence-corrected chi connectivity index (χ0v) is 19.0. The van der Waals surface area contributed by atoms with E-state index in [-0.39, 0.29) is 24.8 Å². The van der Waals surface area contributed by atoms with Crippen molar-refractivity contribution in [1.29, 1.82) is 0 Å². The van der Waals surface area contributed by atoms with Crippen LogP contribution >= 0.6 is 0 Å². The van der Waals surface area contributed by atoms with Gasteiger partial charge in [0.05, 0.1) is 0 Å². The fraction of sp³-hybridized carbons (Fsp3) is 0.542. The van der Waals surface area contributed by atoms with E-state index in [0.29, 0.717) is 6.42 Å². The summed E-state index contributed by atoms with van der Waals surface area (Å²) in [5.74, 6) is -0.979. The molecule has 6 nitrogen and oxygen atoms in total. The maximum atomic E-state index is 12.9. The first kappa shape index (κ1) is 27.4. The number of allylic oxidation sites excluding steroid dienone is 6. The first-order valence-corrected chi connectivity index (χ1v) is 11.0. The van der Waals surface area contributed by atoms with Gasteiger partial charge in [0.25, 0.3) is 5.91 Å². The van der Waals surface area contributed by atoms with E-state index in [1.807, 2.05) is 58.1 Å². The van der Waals surface area contributed by atoms with E-state index in [0.717, 1.165) is 25.7 Å². The van der Waals surface area contributed by atoms with Gasteiger partial charge in [0.1, 0.15) is 6.04 Å². The molecule has 6 heteroatoms. The second-order valence-corrected chi connectivity index (χ2v) is 6.71. The van der Waals surface area contributed by atoms with Crippen molar-refractivity contribution in [2.75, 3.05) is 6.54 Å². The van der Waals surface area contributed by atoms with Crippen LogP contribution in [-0.2, 0) is 14.4 Å². The van der Waals surface area contributed by atoms with Crippen molar-refractivity contribution in [2.45, 2.75) is 78.3 Å². The van der Waals surface area contributed by atoms with Crippen LogP contribution in [0.2, 0.25) is 0 Å². The summed E-state index contributed by atoms with van der Waals surface area (Å²) in [5, 5.41) is 6.08. The second-order valence-electron chi connectivity index (χ2n) is 6.71. The molecule has 1 fully saturated rings. The highest BCUT2D eigenvalue weighted by Gasteiger charge is 2.29. The van der Waals surface area contributed by atoms with E-state index in [2.05, 4.69) is 10.6 Å². The van der Waals surface area contributed by atoms with E-state index in [1.54, 1.807) is 12.3 Å². The fourth-order valence-electron chi connectivity index (χ4n) is 3.07. The van der Waals surface area contributed by atoms with Crippen molar-refractivity contribution in [2.24, 2.45) is 0 Å². The van der Waals surface area contributed by atoms with Gasteiger partial charge < -0.3 is 10.6 Å². The molecule has 168 valence electrons. The highest BCUT2D eigenvalue weighted by Crippen LogP contribution is 2.17. The molecule has 0 spiro atoms. The Labute approximate surface area is 182 Å². The number of aldehydes is 1. The number of carbonyl (C=O) groups is 3. The molecule has 1 aliphatic rings. The van der Waals surface area contributed by atoms with Crippen LogP contribution in [0.4, 0.5) is 0 Å². The minimum absolute atomic E-state index is 0.131. The van der Waals surface area contributed by atoms with Gasteiger partial charge in [-0.2, -0.15) is 0 Å². The van der Waals surface area contributed by atoms with Gasteiger partial charge in [-0.05, 0) is 39.3 Å². The van der Waals surface area contributed by atoms with Crippen LogP contribution in [0.3, 0.4) is 0 Å². The van der Waals surface area contributed by atoms with Gasteiger partial charge in [-0.3, -0.25) is 19.3 Å². The highest BCUT2D eigenvalue weighted by molar-refractivity contribution is 6.24. The van der Waals surface area contributed by atoms with Crippen LogP contribution in [0.5, 0.6) is 0 Å². The van der Waals surface area contributed by atoms with Crippen LogP contribution in [0.25, 0.3) is 0 Å². The average Bonchev–Trinajstić information content (AvgIpc) is 2.78. The summed E-state index contributed by atoms with van der Waals surface area (Å²) in [7, 11) is 0. The van der Waals surface area contributed by atoms with Gasteiger partial charge in [0.2, 0.25) is 12.2 Å². The molecule has 0 aromatic heterocycles. The maximum Gasteiger partial charge on any atom is 0.291 e. The summed E-state index contributed by atoms with van der Waals surface area (Å²) in [6.45, 7) is 8.01. The molecule has 30 heavy (non-hydrogen) atoms. The van der Waals surface area contributed by atoms with Gasteiger partial charge in [-0.25, -0.2) is 0 Å². The number of amides is 2. The summed E-state index contributed by atoms with van der Waals surface area (Å²) in [6, 6.07) is -0.669. The Balaban J connectivity index is 0.00000407. The minimum Gasteiger partial charge on any atom is -0.389 e. The zero-order chi connectivity index (χ0) is 22.6. The predicted molar refractivity (Wildman–Crippen MR) is 124 cm³/mol. The Morgan fingerprint density at radius 2 is 1.73 bits per heavy atom. The Morgan fingerprint density at radius 1 is 1.03 bits per heavy atom. The molecular formula is C24H39N3O3. The van der Waals surface area contributed by atoms with Gasteiger partial charge in [0.15, 0.2) is 0 Å². The van der Waals surface area contributed by atoms with Gasteiger partial charge in [-0.15, -0.1) is 0 Å². The third kappa shape index (κ3) is 11.4. The number of nitrogens with one attached hydrogen (secondary N) is 2. The molecule has 1 unspecified atom stereocenters. The minimum atomic E-state index is -0.799. The molecule has 0 radical (unpaired) electrons. The predicted octanol–water partition coefficient (Wildman–Crippen LogP) is 4.02. The van der Waals surface area contributed by atoms with Crippen LogP contribution < -0.4 is 10.6 Å². The zero-order valence-electron chi connectivity index (χ0n) is 19.0. The van der Waals surface area contributed by atoms with Crippen molar-refractivity contribution in [3.63, 3.8) is 0 Å². The van der Waals surface area contributed by atoms with E-state index in [1.165, 1.54) is 17.5 Å². The molecule has 1 atom stereocenters. The molecule has 0 saturated heterocycles. The quantitative estimate of drug-likeness (QED) is 0.302. The topological polar surface area (TPSA) is 78.5 Å². The first-order chi connectivity index (χ1) is 14.6. The van der Waals surface area contributed by atoms with E-state index in [4.69, 9.17) is 0 Å². The fourth-order valence-corrected chi connectivity index (χ4v) is 3.07. The molecule has 1 saturated carbocycles. The van der Waals surface area contributed by atoms with Gasteiger partial charge >= 0.3 is 0 Å². The highest BCUT2D eigenvalue weighted by atomic mass is 16.2. The molecule has 0 aliphatic heterocycles. The van der Waals surface area contributed by atoms with Crippen molar-refractivity contribution in [3.05, 3.63) is 48.9 Å². The van der Waals surface area contributed by atoms with E-state index >= 15 is 0 Å². The number of carbonyl (C=O) groups excluding carboxylic acids is 3. The maximum absolute atomic E-state index is 12.9. The lowest BCUT2D eigenvalue weighted by molar-refractivity contribution is -0.141. The van der Waals surface area contributed by atoms with Crippen molar-refractivity contribution in [3.8, 4) is 0 Å². The number of rotatable bonds is 11. The standard InChI is InChI=1S/C22H33N3O3.C2H6/c1-3-5-6-7-8-12-16-25(21(27)18-26)20(17-23-15-4-2)22(28)24-19-13-10-9-11-14-19;1-2/h3-7,12,15-16,18-20,23H,8-11,13-14,17H2,1-2H3,(H,24,28);1-2H3/b5-3-,7-6?,15-4-,16-12+;. The molecule has 0 aromatic carbocycles. The average molecular weight is 418 g/mol. The first-order valence-electron chi connectivity index (χ1n) is 11.0. The van der Waals surface area contributed by atoms with E-state index in [9.17, 15) is 14.4 Å². The molecule has 1 aliphatic carbocycles. The third-order valence-electron chi connectivity index (χ3n) is 4.52. The van der Waals surface area contributed by atoms with Crippen LogP contribution in [0.15, 0.2) is 48.9 Å². The van der Waals surface area contributed by atoms with Gasteiger partial charge in [-0.1, -0.05) is 69.6 Å². The lowest BCUT2D eigenvalue weighted by Crippen LogP contribution is -2.54. The number of hydrogen-bond acceptors (Lipinski definition) is 4. The smallest absolute Gasteiger partial charge is 0.291 e. The lowest BCUT2D eigenvalue weighted by Gasteiger charge is -2.30. The summed E-state index contributed by atoms with van der Waals surface area (Å²) in [4.78, 5) is 37.5. The third-order valence-corrected chi connectivity index (χ3v) is 4.52. The molecular weight excluding hydrogens is 378 g/mol. The largest absolute Gasteiger partial charge is 0.389 e. The van der Waals surface area contributed by atoms with Crippen LogP contribution in [0, 0.1) is 0 Å². The lowest BCUT2D eigenvalue weighted by atomic mass is 9.95. The normalized spacial score (nSPS) is 15.9. The van der Waals surface area contributed by atoms with Crippen molar-refractivity contribution >= 4 is 18.1 Å². The molecule has 0 heterocycles.